The number of nitro groups is 1. The van der Waals surface area contributed by atoms with Gasteiger partial charge in [0.1, 0.15) is 29.1 Å². The quantitative estimate of drug-likeness (QED) is 0.382. The number of allylic oxidation sites excluding steroid dienone is 2. The van der Waals surface area contributed by atoms with Crippen LogP contribution in [-0.2, 0) is 16.8 Å². The van der Waals surface area contributed by atoms with E-state index in [4.69, 9.17) is 4.42 Å². The Kier molecular flexibility index (Phi) is 6.28. The number of aryl methyl sites for hydroxylation is 1. The summed E-state index contributed by atoms with van der Waals surface area (Å²) < 4.78 is 6.56. The minimum Gasteiger partial charge on any atom is -0.462 e. The first-order chi connectivity index (χ1) is 16.6. The zero-order valence-electron chi connectivity index (χ0n) is 19.3. The third-order valence-electron chi connectivity index (χ3n) is 5.62. The predicted octanol–water partition coefficient (Wildman–Crippen LogP) is 5.01. The number of amides is 1. The van der Waals surface area contributed by atoms with Gasteiger partial charge < -0.3 is 9.73 Å². The number of hydrogen-bond donors (Lipinski definition) is 1. The van der Waals surface area contributed by atoms with Gasteiger partial charge in [0.2, 0.25) is 5.91 Å². The standard InChI is InChI=1S/C25H22N4O5S/c1-15-4-7-18(34-15)8-5-16-10-19-20(12-26)24(35-23(19)25(2,3)11-16)27-21(30)14-28-13-17(29(32)33)6-9-22(28)31/h4-10,13H,11,14H2,1-3H3,(H,27,30)/b8-5+. The second-order valence-electron chi connectivity index (χ2n) is 8.88. The van der Waals surface area contributed by atoms with Crippen LogP contribution < -0.4 is 10.9 Å². The second-order valence-corrected chi connectivity index (χ2v) is 9.90. The van der Waals surface area contributed by atoms with E-state index in [1.807, 2.05) is 37.3 Å². The SMILES string of the molecule is Cc1ccc(/C=C/C2=Cc3c(sc(NC(=O)Cn4cc([N+](=O)[O-])ccc4=O)c3C#N)C(C)(C)C2)o1. The Balaban J connectivity index is 1.62. The highest BCUT2D eigenvalue weighted by Gasteiger charge is 2.33. The van der Waals surface area contributed by atoms with E-state index in [1.54, 1.807) is 0 Å². The Bertz CT molecular complexity index is 1500. The molecule has 9 nitrogen and oxygen atoms in total. The average molecular weight is 491 g/mol. The average Bonchev–Trinajstić information content (AvgIpc) is 3.36. The van der Waals surface area contributed by atoms with Crippen molar-refractivity contribution in [3.05, 3.63) is 90.1 Å². The molecule has 3 heterocycles. The van der Waals surface area contributed by atoms with E-state index in [9.17, 15) is 25.0 Å². The van der Waals surface area contributed by atoms with Crippen LogP contribution in [0.4, 0.5) is 10.7 Å². The Morgan fingerprint density at radius 2 is 2.11 bits per heavy atom. The maximum atomic E-state index is 12.7. The van der Waals surface area contributed by atoms with Crippen LogP contribution >= 0.6 is 11.3 Å². The van der Waals surface area contributed by atoms with Crippen molar-refractivity contribution >= 4 is 40.1 Å². The van der Waals surface area contributed by atoms with Gasteiger partial charge in [-0.3, -0.25) is 24.3 Å². The highest BCUT2D eigenvalue weighted by Crippen LogP contribution is 2.47. The molecule has 1 aliphatic carbocycles. The number of aromatic nitrogens is 1. The van der Waals surface area contributed by atoms with E-state index in [1.165, 1.54) is 11.3 Å². The van der Waals surface area contributed by atoms with Gasteiger partial charge in [-0.2, -0.15) is 5.26 Å². The number of hydrogen-bond acceptors (Lipinski definition) is 7. The predicted molar refractivity (Wildman–Crippen MR) is 133 cm³/mol. The van der Waals surface area contributed by atoms with Crippen LogP contribution in [0.3, 0.4) is 0 Å². The lowest BCUT2D eigenvalue weighted by molar-refractivity contribution is -0.385. The van der Waals surface area contributed by atoms with E-state index in [2.05, 4.69) is 25.2 Å². The van der Waals surface area contributed by atoms with Crippen LogP contribution in [0.1, 0.15) is 47.8 Å². The molecule has 3 aromatic heterocycles. The molecule has 1 N–H and O–H groups in total. The van der Waals surface area contributed by atoms with E-state index in [0.29, 0.717) is 10.6 Å². The molecule has 0 fully saturated rings. The molecular weight excluding hydrogens is 468 g/mol. The van der Waals surface area contributed by atoms with Crippen molar-refractivity contribution in [2.45, 2.75) is 39.2 Å². The Morgan fingerprint density at radius 3 is 2.77 bits per heavy atom. The molecule has 0 aliphatic heterocycles. The lowest BCUT2D eigenvalue weighted by Gasteiger charge is -2.29. The molecule has 0 spiro atoms. The zero-order valence-corrected chi connectivity index (χ0v) is 20.1. The van der Waals surface area contributed by atoms with Crippen molar-refractivity contribution in [3.8, 4) is 6.07 Å². The number of carbonyl (C=O) groups is 1. The Labute approximate surface area is 204 Å². The fourth-order valence-corrected chi connectivity index (χ4v) is 5.27. The van der Waals surface area contributed by atoms with Gasteiger partial charge in [-0.25, -0.2) is 0 Å². The molecule has 10 heteroatoms. The van der Waals surface area contributed by atoms with Crippen molar-refractivity contribution in [1.29, 1.82) is 5.26 Å². The molecule has 0 atom stereocenters. The van der Waals surface area contributed by atoms with Crippen LogP contribution in [-0.4, -0.2) is 15.4 Å². The summed E-state index contributed by atoms with van der Waals surface area (Å²) in [6.07, 6.45) is 7.56. The van der Waals surface area contributed by atoms with Crippen LogP contribution in [0, 0.1) is 28.4 Å². The molecule has 178 valence electrons. The number of nitriles is 1. The van der Waals surface area contributed by atoms with Crippen molar-refractivity contribution in [1.82, 2.24) is 4.57 Å². The van der Waals surface area contributed by atoms with Crippen LogP contribution in [0.5, 0.6) is 0 Å². The first-order valence-corrected chi connectivity index (χ1v) is 11.6. The Morgan fingerprint density at radius 1 is 1.34 bits per heavy atom. The highest BCUT2D eigenvalue weighted by atomic mass is 32.1. The fraction of sp³-hybridized carbons (Fsp3) is 0.240. The number of nitrogens with zero attached hydrogens (tertiary/aromatic N) is 3. The summed E-state index contributed by atoms with van der Waals surface area (Å²) in [5, 5.41) is 24.0. The molecule has 0 aromatic carbocycles. The number of rotatable bonds is 6. The topological polar surface area (TPSA) is 131 Å². The number of nitrogens with one attached hydrogen (secondary N) is 1. The summed E-state index contributed by atoms with van der Waals surface area (Å²) in [4.78, 5) is 36.1. The van der Waals surface area contributed by atoms with Crippen molar-refractivity contribution in [2.24, 2.45) is 0 Å². The monoisotopic (exact) mass is 490 g/mol. The fourth-order valence-electron chi connectivity index (χ4n) is 4.02. The van der Waals surface area contributed by atoms with Gasteiger partial charge in [0.05, 0.1) is 16.7 Å². The number of carbonyl (C=O) groups excluding carboxylic acids is 1. The minimum atomic E-state index is -0.636. The van der Waals surface area contributed by atoms with E-state index < -0.39 is 22.9 Å². The third kappa shape index (κ3) is 5.00. The molecule has 0 saturated heterocycles. The van der Waals surface area contributed by atoms with Gasteiger partial charge in [0.15, 0.2) is 0 Å². The molecule has 0 radical (unpaired) electrons. The first-order valence-electron chi connectivity index (χ1n) is 10.7. The lowest BCUT2D eigenvalue weighted by Crippen LogP contribution is -2.26. The van der Waals surface area contributed by atoms with E-state index in [-0.39, 0.29) is 11.1 Å². The number of anilines is 1. The summed E-state index contributed by atoms with van der Waals surface area (Å²) in [5.74, 6) is 1.00. The molecule has 1 aliphatic rings. The minimum absolute atomic E-state index is 0.279. The molecule has 1 amide bonds. The molecule has 3 aromatic rings. The second kappa shape index (κ2) is 9.19. The van der Waals surface area contributed by atoms with Crippen LogP contribution in [0.15, 0.2) is 51.3 Å². The summed E-state index contributed by atoms with van der Waals surface area (Å²) in [7, 11) is 0. The van der Waals surface area contributed by atoms with Gasteiger partial charge in [0, 0.05) is 28.0 Å². The smallest absolute Gasteiger partial charge is 0.285 e. The van der Waals surface area contributed by atoms with Crippen molar-refractivity contribution in [3.63, 3.8) is 0 Å². The number of fused-ring (bicyclic) bond motifs is 1. The molecule has 4 rings (SSSR count). The van der Waals surface area contributed by atoms with Crippen molar-refractivity contribution < 1.29 is 14.1 Å². The zero-order chi connectivity index (χ0) is 25.3. The van der Waals surface area contributed by atoms with Gasteiger partial charge >= 0.3 is 0 Å². The number of thiophene rings is 1. The first kappa shape index (κ1) is 23.9. The summed E-state index contributed by atoms with van der Waals surface area (Å²) in [6, 6.07) is 8.10. The van der Waals surface area contributed by atoms with Crippen LogP contribution in [0.2, 0.25) is 0 Å². The van der Waals surface area contributed by atoms with Gasteiger partial charge in [-0.15, -0.1) is 11.3 Å². The maximum absolute atomic E-state index is 12.7. The Hall–Kier alpha value is -4.23. The van der Waals surface area contributed by atoms with E-state index >= 15 is 0 Å². The van der Waals surface area contributed by atoms with Gasteiger partial charge in [-0.1, -0.05) is 19.9 Å². The lowest BCUT2D eigenvalue weighted by atomic mass is 9.77. The summed E-state index contributed by atoms with van der Waals surface area (Å²) in [6.45, 7) is 5.62. The third-order valence-corrected chi connectivity index (χ3v) is 7.10. The highest BCUT2D eigenvalue weighted by molar-refractivity contribution is 7.17. The van der Waals surface area contributed by atoms with Crippen molar-refractivity contribution in [2.75, 3.05) is 5.32 Å². The molecule has 0 unspecified atom stereocenters. The molecule has 35 heavy (non-hydrogen) atoms. The number of furan rings is 1. The largest absolute Gasteiger partial charge is 0.462 e. The summed E-state index contributed by atoms with van der Waals surface area (Å²) >= 11 is 1.33. The van der Waals surface area contributed by atoms with Gasteiger partial charge in [0.25, 0.3) is 11.2 Å². The van der Waals surface area contributed by atoms with Crippen LogP contribution in [0.25, 0.3) is 12.2 Å². The van der Waals surface area contributed by atoms with Gasteiger partial charge in [-0.05, 0) is 43.2 Å². The molecule has 0 bridgehead atoms. The molecular formula is C25H22N4O5S. The normalized spacial score (nSPS) is 14.3. The number of pyridine rings is 1. The maximum Gasteiger partial charge on any atom is 0.285 e. The van der Waals surface area contributed by atoms with E-state index in [0.717, 1.165) is 56.9 Å². The molecule has 0 saturated carbocycles. The summed E-state index contributed by atoms with van der Waals surface area (Å²) in [5.41, 5.74) is 1.01.